The highest BCUT2D eigenvalue weighted by Crippen LogP contribution is 2.53. The van der Waals surface area contributed by atoms with E-state index in [1.54, 1.807) is 13.0 Å². The highest BCUT2D eigenvalue weighted by atomic mass is 19.1. The van der Waals surface area contributed by atoms with E-state index in [9.17, 15) is 25.0 Å². The van der Waals surface area contributed by atoms with Gasteiger partial charge in [0.05, 0.1) is 30.5 Å². The van der Waals surface area contributed by atoms with Crippen molar-refractivity contribution < 1.29 is 13.9 Å². The van der Waals surface area contributed by atoms with Crippen molar-refractivity contribution in [2.75, 3.05) is 19.7 Å². The third kappa shape index (κ3) is 3.11. The molecule has 1 aromatic carbocycles. The molecule has 3 rings (SSSR count). The lowest BCUT2D eigenvalue weighted by Crippen LogP contribution is -2.53. The number of benzene rings is 1. The molecule has 1 amide bonds. The molecule has 29 heavy (non-hydrogen) atoms. The van der Waals surface area contributed by atoms with E-state index >= 15 is 0 Å². The van der Waals surface area contributed by atoms with Gasteiger partial charge in [-0.05, 0) is 30.2 Å². The maximum Gasteiger partial charge on any atom is 0.410 e. The molecule has 0 aromatic heterocycles. The summed E-state index contributed by atoms with van der Waals surface area (Å²) in [6.07, 6.45) is 1.16. The molecule has 0 saturated heterocycles. The Morgan fingerprint density at radius 2 is 1.97 bits per heavy atom. The molecule has 1 aliphatic carbocycles. The van der Waals surface area contributed by atoms with Crippen LogP contribution in [-0.4, -0.2) is 36.4 Å². The maximum atomic E-state index is 13.5. The first-order valence-electron chi connectivity index (χ1n) is 9.11. The standard InChI is InChI=1S/C21H18FN5O2/c1-2-29-20(28)27-8-7-15-16(9-23)19(26)21(11-24,12-25)18(17(15)10-27)13-3-5-14(22)6-4-13/h3-7,16-18,26H,2,8,10H2,1H3/t16?,17-,18+/m1/s1. The van der Waals surface area contributed by atoms with Crippen LogP contribution in [0.15, 0.2) is 35.9 Å². The van der Waals surface area contributed by atoms with Gasteiger partial charge >= 0.3 is 6.09 Å². The third-order valence-electron chi connectivity index (χ3n) is 5.55. The molecule has 3 atom stereocenters. The third-order valence-corrected chi connectivity index (χ3v) is 5.55. The number of hydrogen-bond acceptors (Lipinski definition) is 6. The van der Waals surface area contributed by atoms with Crippen LogP contribution in [-0.2, 0) is 4.74 Å². The molecule has 1 heterocycles. The first-order valence-corrected chi connectivity index (χ1v) is 9.11. The molecule has 2 aliphatic rings. The molecule has 1 fully saturated rings. The monoisotopic (exact) mass is 391 g/mol. The molecule has 1 aromatic rings. The van der Waals surface area contributed by atoms with Crippen LogP contribution < -0.4 is 0 Å². The predicted octanol–water partition coefficient (Wildman–Crippen LogP) is 3.13. The van der Waals surface area contributed by atoms with Crippen LogP contribution in [0.1, 0.15) is 18.4 Å². The van der Waals surface area contributed by atoms with Gasteiger partial charge in [-0.3, -0.25) is 0 Å². The molecular formula is C21H18FN5O2. The summed E-state index contributed by atoms with van der Waals surface area (Å²) in [5.41, 5.74) is -1.09. The number of carbonyl (C=O) groups is 1. The van der Waals surface area contributed by atoms with Gasteiger partial charge in [-0.2, -0.15) is 15.8 Å². The molecular weight excluding hydrogens is 373 g/mol. The van der Waals surface area contributed by atoms with E-state index in [0.29, 0.717) is 11.1 Å². The Kier molecular flexibility index (Phi) is 5.35. The number of nitriles is 3. The second kappa shape index (κ2) is 7.73. The van der Waals surface area contributed by atoms with Gasteiger partial charge in [0.25, 0.3) is 0 Å². The van der Waals surface area contributed by atoms with Crippen molar-refractivity contribution in [1.29, 1.82) is 21.2 Å². The van der Waals surface area contributed by atoms with Crippen LogP contribution in [0.3, 0.4) is 0 Å². The number of amides is 1. The molecule has 0 bridgehead atoms. The van der Waals surface area contributed by atoms with Gasteiger partial charge in [0, 0.05) is 24.9 Å². The topological polar surface area (TPSA) is 125 Å². The molecule has 146 valence electrons. The Morgan fingerprint density at radius 1 is 1.31 bits per heavy atom. The van der Waals surface area contributed by atoms with Crippen LogP contribution in [0.5, 0.6) is 0 Å². The smallest absolute Gasteiger partial charge is 0.410 e. The van der Waals surface area contributed by atoms with E-state index in [0.717, 1.165) is 0 Å². The van der Waals surface area contributed by atoms with Crippen molar-refractivity contribution in [2.24, 2.45) is 17.3 Å². The fourth-order valence-corrected chi connectivity index (χ4v) is 4.22. The lowest BCUT2D eigenvalue weighted by molar-refractivity contribution is 0.0992. The summed E-state index contributed by atoms with van der Waals surface area (Å²) in [4.78, 5) is 13.7. The summed E-state index contributed by atoms with van der Waals surface area (Å²) >= 11 is 0. The molecule has 7 nitrogen and oxygen atoms in total. The first kappa shape index (κ1) is 20.0. The average Bonchev–Trinajstić information content (AvgIpc) is 2.74. The number of rotatable bonds is 2. The molecule has 1 N–H and O–H groups in total. The van der Waals surface area contributed by atoms with Crippen molar-refractivity contribution in [2.45, 2.75) is 12.8 Å². The normalized spacial score (nSPS) is 24.9. The zero-order valence-corrected chi connectivity index (χ0v) is 15.7. The number of nitrogens with one attached hydrogen (secondary N) is 1. The minimum absolute atomic E-state index is 0.128. The largest absolute Gasteiger partial charge is 0.450 e. The van der Waals surface area contributed by atoms with Gasteiger partial charge in [-0.25, -0.2) is 9.18 Å². The second-order valence-corrected chi connectivity index (χ2v) is 6.95. The number of carbonyl (C=O) groups excluding carboxylic acids is 1. The predicted molar refractivity (Wildman–Crippen MR) is 99.8 cm³/mol. The SMILES string of the molecule is CCOC(=O)N1CC=C2C(C#N)C(=N)C(C#N)(C#N)[C@@H](c3ccc(F)cc3)[C@@H]2C1. The van der Waals surface area contributed by atoms with Crippen LogP contribution in [0.4, 0.5) is 9.18 Å². The first-order chi connectivity index (χ1) is 13.9. The molecule has 1 unspecified atom stereocenters. The number of halogens is 1. The Labute approximate surface area is 167 Å². The number of ether oxygens (including phenoxy) is 1. The minimum Gasteiger partial charge on any atom is -0.450 e. The zero-order chi connectivity index (χ0) is 21.2. The number of fused-ring (bicyclic) bond motifs is 1. The summed E-state index contributed by atoms with van der Waals surface area (Å²) in [7, 11) is 0. The van der Waals surface area contributed by atoms with E-state index < -0.39 is 35.1 Å². The molecule has 0 spiro atoms. The van der Waals surface area contributed by atoms with E-state index in [2.05, 4.69) is 0 Å². The van der Waals surface area contributed by atoms with Crippen molar-refractivity contribution in [3.63, 3.8) is 0 Å². The second-order valence-electron chi connectivity index (χ2n) is 6.95. The molecule has 0 radical (unpaired) electrons. The maximum absolute atomic E-state index is 13.5. The van der Waals surface area contributed by atoms with Gasteiger partial charge in [-0.1, -0.05) is 18.2 Å². The van der Waals surface area contributed by atoms with Crippen LogP contribution >= 0.6 is 0 Å². The number of nitrogens with zero attached hydrogens (tertiary/aromatic N) is 4. The van der Waals surface area contributed by atoms with Crippen molar-refractivity contribution in [1.82, 2.24) is 4.90 Å². The average molecular weight is 391 g/mol. The summed E-state index contributed by atoms with van der Waals surface area (Å²) in [6.45, 7) is 2.22. The van der Waals surface area contributed by atoms with Gasteiger partial charge in [0.2, 0.25) is 0 Å². The van der Waals surface area contributed by atoms with E-state index in [1.165, 1.54) is 29.2 Å². The molecule has 1 aliphatic heterocycles. The highest BCUT2D eigenvalue weighted by molar-refractivity contribution is 6.00. The molecule has 8 heteroatoms. The lowest BCUT2D eigenvalue weighted by atomic mass is 9.54. The van der Waals surface area contributed by atoms with E-state index in [-0.39, 0.29) is 25.4 Å². The van der Waals surface area contributed by atoms with E-state index in [4.69, 9.17) is 10.1 Å². The van der Waals surface area contributed by atoms with Crippen LogP contribution in [0.25, 0.3) is 0 Å². The highest BCUT2D eigenvalue weighted by Gasteiger charge is 2.58. The van der Waals surface area contributed by atoms with Crippen LogP contribution in [0, 0.1) is 62.5 Å². The Morgan fingerprint density at radius 3 is 2.52 bits per heavy atom. The summed E-state index contributed by atoms with van der Waals surface area (Å²) in [5, 5.41) is 38.1. The van der Waals surface area contributed by atoms with Crippen LogP contribution in [0.2, 0.25) is 0 Å². The molecule has 1 saturated carbocycles. The van der Waals surface area contributed by atoms with Gasteiger partial charge in [-0.15, -0.1) is 0 Å². The summed E-state index contributed by atoms with van der Waals surface area (Å²) in [6, 6.07) is 11.4. The van der Waals surface area contributed by atoms with Gasteiger partial charge < -0.3 is 15.0 Å². The van der Waals surface area contributed by atoms with Crippen molar-refractivity contribution >= 4 is 11.8 Å². The van der Waals surface area contributed by atoms with Gasteiger partial charge in [0.15, 0.2) is 5.41 Å². The van der Waals surface area contributed by atoms with Crippen molar-refractivity contribution in [3.05, 3.63) is 47.3 Å². The fraction of sp³-hybridized carbons (Fsp3) is 0.381. The van der Waals surface area contributed by atoms with E-state index in [1.807, 2.05) is 18.2 Å². The quantitative estimate of drug-likeness (QED) is 0.775. The Bertz CT molecular complexity index is 982. The summed E-state index contributed by atoms with van der Waals surface area (Å²) < 4.78 is 18.6. The lowest BCUT2D eigenvalue weighted by Gasteiger charge is -2.47. The Hall–Kier alpha value is -3.70. The van der Waals surface area contributed by atoms with Crippen molar-refractivity contribution in [3.8, 4) is 18.2 Å². The minimum atomic E-state index is -1.90. The Balaban J connectivity index is 2.18. The fourth-order valence-electron chi connectivity index (χ4n) is 4.22. The zero-order valence-electron chi connectivity index (χ0n) is 15.7. The number of hydrogen-bond donors (Lipinski definition) is 1. The summed E-state index contributed by atoms with van der Waals surface area (Å²) in [5.74, 6) is -2.89. The van der Waals surface area contributed by atoms with Gasteiger partial charge in [0.1, 0.15) is 11.7 Å².